The molecule has 7 heteroatoms. The van der Waals surface area contributed by atoms with Crippen molar-refractivity contribution >= 4 is 27.2 Å². The Labute approximate surface area is 130 Å². The van der Waals surface area contributed by atoms with E-state index in [4.69, 9.17) is 23.1 Å². The molecule has 0 spiro atoms. The third-order valence-corrected chi connectivity index (χ3v) is 5.85. The van der Waals surface area contributed by atoms with Gasteiger partial charge in [-0.05, 0) is 24.5 Å². The Kier molecular flexibility index (Phi) is 5.32. The molecule has 1 aromatic carbocycles. The van der Waals surface area contributed by atoms with Crippen molar-refractivity contribution in [3.8, 4) is 0 Å². The molecule has 0 heterocycles. The summed E-state index contributed by atoms with van der Waals surface area (Å²) in [6.07, 6.45) is 2.78. The van der Waals surface area contributed by atoms with E-state index in [1.165, 1.54) is 4.31 Å². The minimum Gasteiger partial charge on any atom is -0.395 e. The molecular formula is C14H20N2O3S2. The molecule has 1 aliphatic carbocycles. The molecule has 1 saturated carbocycles. The van der Waals surface area contributed by atoms with Crippen molar-refractivity contribution < 1.29 is 13.5 Å². The van der Waals surface area contributed by atoms with E-state index in [1.807, 2.05) is 0 Å². The fraction of sp³-hybridized carbons (Fsp3) is 0.500. The van der Waals surface area contributed by atoms with Gasteiger partial charge in [-0.1, -0.05) is 36.8 Å². The molecule has 3 N–H and O–H groups in total. The summed E-state index contributed by atoms with van der Waals surface area (Å²) in [5.74, 6) is -0.0973. The first-order chi connectivity index (χ1) is 9.94. The number of hydrogen-bond acceptors (Lipinski definition) is 4. The summed E-state index contributed by atoms with van der Waals surface area (Å²) in [7, 11) is -3.45. The van der Waals surface area contributed by atoms with Gasteiger partial charge in [0.2, 0.25) is 10.0 Å². The first-order valence-electron chi connectivity index (χ1n) is 6.93. The zero-order chi connectivity index (χ0) is 15.5. The first-order valence-corrected chi connectivity index (χ1v) is 8.95. The van der Waals surface area contributed by atoms with Gasteiger partial charge in [-0.2, -0.15) is 4.31 Å². The van der Waals surface area contributed by atoms with Crippen molar-refractivity contribution in [2.75, 3.05) is 13.2 Å². The number of aliphatic hydroxyl groups excluding tert-OH is 1. The highest BCUT2D eigenvalue weighted by Gasteiger charge is 2.33. The molecule has 21 heavy (non-hydrogen) atoms. The van der Waals surface area contributed by atoms with Gasteiger partial charge in [-0.25, -0.2) is 8.42 Å². The zero-order valence-electron chi connectivity index (χ0n) is 11.7. The van der Waals surface area contributed by atoms with Crippen LogP contribution in [0.25, 0.3) is 0 Å². The number of benzene rings is 1. The van der Waals surface area contributed by atoms with Crippen LogP contribution < -0.4 is 5.73 Å². The Balaban J connectivity index is 2.18. The van der Waals surface area contributed by atoms with Crippen LogP contribution in [0.15, 0.2) is 24.3 Å². The second-order valence-corrected chi connectivity index (χ2v) is 7.60. The van der Waals surface area contributed by atoms with E-state index >= 15 is 0 Å². The smallest absolute Gasteiger partial charge is 0.218 e. The van der Waals surface area contributed by atoms with Gasteiger partial charge < -0.3 is 10.8 Å². The summed E-state index contributed by atoms with van der Waals surface area (Å²) >= 11 is 4.91. The van der Waals surface area contributed by atoms with E-state index in [9.17, 15) is 8.42 Å². The Bertz CT molecular complexity index is 612. The van der Waals surface area contributed by atoms with E-state index in [0.717, 1.165) is 19.3 Å². The maximum atomic E-state index is 12.6. The van der Waals surface area contributed by atoms with Crippen molar-refractivity contribution in [1.82, 2.24) is 4.31 Å². The van der Waals surface area contributed by atoms with Crippen molar-refractivity contribution in [2.24, 2.45) is 5.73 Å². The zero-order valence-corrected chi connectivity index (χ0v) is 13.4. The summed E-state index contributed by atoms with van der Waals surface area (Å²) in [6, 6.07) is 6.99. The molecule has 0 unspecified atom stereocenters. The second-order valence-electron chi connectivity index (χ2n) is 5.24. The van der Waals surface area contributed by atoms with E-state index in [-0.39, 0.29) is 29.9 Å². The number of aliphatic hydroxyl groups is 1. The average Bonchev–Trinajstić information content (AvgIpc) is 2.36. The van der Waals surface area contributed by atoms with Crippen LogP contribution in [0.3, 0.4) is 0 Å². The van der Waals surface area contributed by atoms with Crippen LogP contribution in [-0.2, 0) is 15.8 Å². The highest BCUT2D eigenvalue weighted by Crippen LogP contribution is 2.28. The quantitative estimate of drug-likeness (QED) is 0.730. The summed E-state index contributed by atoms with van der Waals surface area (Å²) in [5.41, 5.74) is 6.89. The highest BCUT2D eigenvalue weighted by atomic mass is 32.2. The number of rotatable bonds is 7. The summed E-state index contributed by atoms with van der Waals surface area (Å²) in [5, 5.41) is 9.11. The SMILES string of the molecule is NC(=S)c1cccc(CS(=O)(=O)N(CCO)C2CCC2)c1. The molecule has 0 aliphatic heterocycles. The molecule has 0 saturated heterocycles. The van der Waals surface area contributed by atoms with Gasteiger partial charge in [0, 0.05) is 18.2 Å². The van der Waals surface area contributed by atoms with Crippen molar-refractivity contribution in [2.45, 2.75) is 31.1 Å². The van der Waals surface area contributed by atoms with Crippen LogP contribution in [0.4, 0.5) is 0 Å². The van der Waals surface area contributed by atoms with Gasteiger partial charge in [0.15, 0.2) is 0 Å². The predicted molar refractivity (Wildman–Crippen MR) is 86.4 cm³/mol. The molecule has 5 nitrogen and oxygen atoms in total. The van der Waals surface area contributed by atoms with Gasteiger partial charge >= 0.3 is 0 Å². The lowest BCUT2D eigenvalue weighted by Crippen LogP contribution is -2.46. The molecule has 1 fully saturated rings. The highest BCUT2D eigenvalue weighted by molar-refractivity contribution is 7.88. The lowest BCUT2D eigenvalue weighted by Gasteiger charge is -2.36. The number of thiocarbonyl (C=S) groups is 1. The third-order valence-electron chi connectivity index (χ3n) is 3.72. The van der Waals surface area contributed by atoms with E-state index in [2.05, 4.69) is 0 Å². The number of sulfonamides is 1. The topological polar surface area (TPSA) is 83.6 Å². The average molecular weight is 328 g/mol. The summed E-state index contributed by atoms with van der Waals surface area (Å²) in [6.45, 7) is -0.00928. The molecule has 116 valence electrons. The lowest BCUT2D eigenvalue weighted by molar-refractivity contribution is 0.178. The van der Waals surface area contributed by atoms with Crippen LogP contribution in [0, 0.1) is 0 Å². The van der Waals surface area contributed by atoms with E-state index < -0.39 is 10.0 Å². The van der Waals surface area contributed by atoms with Crippen molar-refractivity contribution in [3.05, 3.63) is 35.4 Å². The van der Waals surface area contributed by atoms with E-state index in [1.54, 1.807) is 24.3 Å². The van der Waals surface area contributed by atoms with Gasteiger partial charge in [0.25, 0.3) is 0 Å². The molecular weight excluding hydrogens is 308 g/mol. The monoisotopic (exact) mass is 328 g/mol. The van der Waals surface area contributed by atoms with Gasteiger partial charge in [-0.3, -0.25) is 0 Å². The Morgan fingerprint density at radius 3 is 2.67 bits per heavy atom. The first kappa shape index (κ1) is 16.4. The molecule has 1 aliphatic rings. The Morgan fingerprint density at radius 1 is 1.43 bits per heavy atom. The van der Waals surface area contributed by atoms with Crippen LogP contribution in [0.2, 0.25) is 0 Å². The summed E-state index contributed by atoms with van der Waals surface area (Å²) < 4.78 is 26.5. The molecule has 0 amide bonds. The number of nitrogens with zero attached hydrogens (tertiary/aromatic N) is 1. The Hall–Kier alpha value is -1.02. The maximum Gasteiger partial charge on any atom is 0.218 e. The van der Waals surface area contributed by atoms with E-state index in [0.29, 0.717) is 11.1 Å². The van der Waals surface area contributed by atoms with Gasteiger partial charge in [-0.15, -0.1) is 0 Å². The van der Waals surface area contributed by atoms with Crippen LogP contribution >= 0.6 is 12.2 Å². The van der Waals surface area contributed by atoms with Crippen LogP contribution in [0.5, 0.6) is 0 Å². The fourth-order valence-corrected chi connectivity index (χ4v) is 4.35. The molecule has 1 aromatic rings. The molecule has 0 aromatic heterocycles. The number of hydrogen-bond donors (Lipinski definition) is 2. The largest absolute Gasteiger partial charge is 0.395 e. The third kappa shape index (κ3) is 4.00. The fourth-order valence-electron chi connectivity index (χ4n) is 2.43. The minimum atomic E-state index is -3.45. The molecule has 0 bridgehead atoms. The van der Waals surface area contributed by atoms with Crippen LogP contribution in [-0.4, -0.2) is 42.0 Å². The second kappa shape index (κ2) is 6.83. The molecule has 2 rings (SSSR count). The van der Waals surface area contributed by atoms with Crippen LogP contribution in [0.1, 0.15) is 30.4 Å². The van der Waals surface area contributed by atoms with Gasteiger partial charge in [0.1, 0.15) is 4.99 Å². The Morgan fingerprint density at radius 2 is 2.14 bits per heavy atom. The minimum absolute atomic E-state index is 0.0286. The predicted octanol–water partition coefficient (Wildman–Crippen LogP) is 0.997. The van der Waals surface area contributed by atoms with Gasteiger partial charge in [0.05, 0.1) is 12.4 Å². The summed E-state index contributed by atoms with van der Waals surface area (Å²) in [4.78, 5) is 0.250. The standard InChI is InChI=1S/C14H20N2O3S2/c15-14(20)12-4-1-3-11(9-12)10-21(18,19)16(7-8-17)13-5-2-6-13/h1,3-4,9,13,17H,2,5-8,10H2,(H2,15,20). The normalized spacial score (nSPS) is 15.9. The maximum absolute atomic E-state index is 12.6. The van der Waals surface area contributed by atoms with Crippen molar-refractivity contribution in [1.29, 1.82) is 0 Å². The van der Waals surface area contributed by atoms with Crippen molar-refractivity contribution in [3.63, 3.8) is 0 Å². The lowest BCUT2D eigenvalue weighted by atomic mass is 9.93. The molecule has 0 atom stereocenters. The number of nitrogens with two attached hydrogens (primary N) is 1. The molecule has 0 radical (unpaired) electrons.